The highest BCUT2D eigenvalue weighted by Crippen LogP contribution is 2.16. The van der Waals surface area contributed by atoms with E-state index in [0.29, 0.717) is 31.7 Å². The van der Waals surface area contributed by atoms with Crippen molar-refractivity contribution >= 4 is 11.7 Å². The first-order chi connectivity index (χ1) is 7.27. The molecule has 2 aliphatic heterocycles. The summed E-state index contributed by atoms with van der Waals surface area (Å²) in [6.07, 6.45) is 3.18. The molecule has 1 N–H and O–H groups in total. The Morgan fingerprint density at radius 2 is 2.07 bits per heavy atom. The van der Waals surface area contributed by atoms with Crippen molar-refractivity contribution in [2.24, 2.45) is 5.92 Å². The van der Waals surface area contributed by atoms with E-state index in [1.54, 1.807) is 0 Å². The number of carbonyl (C=O) groups is 2. The van der Waals surface area contributed by atoms with Gasteiger partial charge in [-0.2, -0.15) is 0 Å². The Balaban J connectivity index is 1.86. The lowest BCUT2D eigenvalue weighted by atomic mass is 9.97. The van der Waals surface area contributed by atoms with E-state index in [-0.39, 0.29) is 11.8 Å². The molecule has 1 atom stereocenters. The van der Waals surface area contributed by atoms with Gasteiger partial charge >= 0.3 is 0 Å². The van der Waals surface area contributed by atoms with Crippen LogP contribution in [0.5, 0.6) is 0 Å². The minimum absolute atomic E-state index is 0.145. The molecule has 15 heavy (non-hydrogen) atoms. The minimum atomic E-state index is 0.145. The van der Waals surface area contributed by atoms with Crippen LogP contribution in [0.1, 0.15) is 25.7 Å². The van der Waals surface area contributed by atoms with Crippen molar-refractivity contribution in [3.05, 3.63) is 0 Å². The van der Waals surface area contributed by atoms with Crippen molar-refractivity contribution in [3.8, 4) is 0 Å². The zero-order valence-electron chi connectivity index (χ0n) is 9.00. The topological polar surface area (TPSA) is 49.4 Å². The zero-order valence-corrected chi connectivity index (χ0v) is 9.00. The number of hydrogen-bond acceptors (Lipinski definition) is 3. The number of ketones is 1. The van der Waals surface area contributed by atoms with Crippen molar-refractivity contribution in [1.82, 2.24) is 10.2 Å². The Kier molecular flexibility index (Phi) is 3.36. The molecule has 0 aliphatic carbocycles. The van der Waals surface area contributed by atoms with Gasteiger partial charge in [0.15, 0.2) is 0 Å². The van der Waals surface area contributed by atoms with Crippen LogP contribution in [-0.4, -0.2) is 42.8 Å². The molecule has 4 heteroatoms. The van der Waals surface area contributed by atoms with E-state index in [1.807, 2.05) is 4.90 Å². The van der Waals surface area contributed by atoms with Gasteiger partial charge < -0.3 is 10.2 Å². The Labute approximate surface area is 90.0 Å². The van der Waals surface area contributed by atoms with Crippen LogP contribution >= 0.6 is 0 Å². The fraction of sp³-hybridized carbons (Fsp3) is 0.818. The lowest BCUT2D eigenvalue weighted by molar-refractivity contribution is -0.138. The molecule has 2 aliphatic rings. The summed E-state index contributed by atoms with van der Waals surface area (Å²) in [5, 5.41) is 3.25. The first-order valence-electron chi connectivity index (χ1n) is 5.78. The predicted molar refractivity (Wildman–Crippen MR) is 56.4 cm³/mol. The third-order valence-corrected chi connectivity index (χ3v) is 3.28. The van der Waals surface area contributed by atoms with Crippen LogP contribution in [-0.2, 0) is 9.59 Å². The molecule has 84 valence electrons. The third kappa shape index (κ3) is 2.56. The Hall–Kier alpha value is -0.900. The van der Waals surface area contributed by atoms with Gasteiger partial charge in [0, 0.05) is 32.5 Å². The second kappa shape index (κ2) is 4.75. The van der Waals surface area contributed by atoms with Crippen LogP contribution in [0.4, 0.5) is 0 Å². The highest BCUT2D eigenvalue weighted by Gasteiger charge is 2.28. The van der Waals surface area contributed by atoms with Gasteiger partial charge in [-0.1, -0.05) is 0 Å². The summed E-state index contributed by atoms with van der Waals surface area (Å²) >= 11 is 0. The minimum Gasteiger partial charge on any atom is -0.342 e. The van der Waals surface area contributed by atoms with E-state index >= 15 is 0 Å². The van der Waals surface area contributed by atoms with Gasteiger partial charge in [-0.15, -0.1) is 0 Å². The van der Waals surface area contributed by atoms with Crippen molar-refractivity contribution in [3.63, 3.8) is 0 Å². The number of amides is 1. The summed E-state index contributed by atoms with van der Waals surface area (Å²) < 4.78 is 0. The average Bonchev–Trinajstić information content (AvgIpc) is 2.30. The van der Waals surface area contributed by atoms with Crippen LogP contribution in [0, 0.1) is 5.92 Å². The van der Waals surface area contributed by atoms with E-state index < -0.39 is 0 Å². The van der Waals surface area contributed by atoms with Gasteiger partial charge in [-0.25, -0.2) is 0 Å². The van der Waals surface area contributed by atoms with Crippen LogP contribution in [0.25, 0.3) is 0 Å². The van der Waals surface area contributed by atoms with E-state index in [4.69, 9.17) is 0 Å². The van der Waals surface area contributed by atoms with Crippen molar-refractivity contribution in [2.45, 2.75) is 25.7 Å². The zero-order chi connectivity index (χ0) is 10.7. The van der Waals surface area contributed by atoms with Crippen LogP contribution in [0.3, 0.4) is 0 Å². The molecule has 0 aromatic carbocycles. The molecule has 0 spiro atoms. The van der Waals surface area contributed by atoms with Crippen molar-refractivity contribution in [1.29, 1.82) is 0 Å². The molecule has 2 fully saturated rings. The number of likely N-dealkylation sites (tertiary alicyclic amines) is 1. The molecule has 2 heterocycles. The maximum absolute atomic E-state index is 12.0. The summed E-state index contributed by atoms with van der Waals surface area (Å²) in [4.78, 5) is 25.0. The molecular weight excluding hydrogens is 192 g/mol. The molecule has 0 radical (unpaired) electrons. The number of rotatable bonds is 1. The molecule has 4 nitrogen and oxygen atoms in total. The summed E-state index contributed by atoms with van der Waals surface area (Å²) in [5.41, 5.74) is 0. The van der Waals surface area contributed by atoms with Crippen LogP contribution in [0.2, 0.25) is 0 Å². The normalized spacial score (nSPS) is 27.9. The highest BCUT2D eigenvalue weighted by molar-refractivity contribution is 5.84. The van der Waals surface area contributed by atoms with E-state index in [2.05, 4.69) is 5.32 Å². The summed E-state index contributed by atoms with van der Waals surface area (Å²) in [6, 6.07) is 0. The Bertz CT molecular complexity index is 249. The highest BCUT2D eigenvalue weighted by atomic mass is 16.2. The molecular formula is C11H18N2O2. The monoisotopic (exact) mass is 210 g/mol. The lowest BCUT2D eigenvalue weighted by Gasteiger charge is -2.31. The number of Topliss-reactive ketones (excluding diaryl/α,β-unsaturated/α-hetero) is 1. The third-order valence-electron chi connectivity index (χ3n) is 3.28. The van der Waals surface area contributed by atoms with Gasteiger partial charge in [0.1, 0.15) is 5.78 Å². The van der Waals surface area contributed by atoms with Crippen LogP contribution < -0.4 is 5.32 Å². The van der Waals surface area contributed by atoms with Gasteiger partial charge in [0.05, 0.1) is 5.92 Å². The first kappa shape index (κ1) is 10.6. The SMILES string of the molecule is O=C1CCN(C(=O)C2CCCNC2)CC1. The number of piperidine rings is 2. The molecule has 2 rings (SSSR count). The fourth-order valence-corrected chi connectivity index (χ4v) is 2.30. The number of hydrogen-bond donors (Lipinski definition) is 1. The van der Waals surface area contributed by atoms with Gasteiger partial charge in [0.25, 0.3) is 0 Å². The average molecular weight is 210 g/mol. The van der Waals surface area contributed by atoms with Gasteiger partial charge in [-0.05, 0) is 19.4 Å². The standard InChI is InChI=1S/C11H18N2O2/c14-10-3-6-13(7-4-10)11(15)9-2-1-5-12-8-9/h9,12H,1-8H2. The molecule has 0 bridgehead atoms. The molecule has 2 saturated heterocycles. The van der Waals surface area contributed by atoms with Crippen molar-refractivity contribution in [2.75, 3.05) is 26.2 Å². The maximum Gasteiger partial charge on any atom is 0.226 e. The quantitative estimate of drug-likeness (QED) is 0.671. The first-order valence-corrected chi connectivity index (χ1v) is 5.78. The van der Waals surface area contributed by atoms with Crippen LogP contribution in [0.15, 0.2) is 0 Å². The largest absolute Gasteiger partial charge is 0.342 e. The smallest absolute Gasteiger partial charge is 0.226 e. The van der Waals surface area contributed by atoms with E-state index in [9.17, 15) is 9.59 Å². The summed E-state index contributed by atoms with van der Waals surface area (Å²) in [5.74, 6) is 0.683. The molecule has 1 unspecified atom stereocenters. The predicted octanol–water partition coefficient (Wildman–Crippen LogP) is 0.178. The maximum atomic E-state index is 12.0. The number of carbonyl (C=O) groups excluding carboxylic acids is 2. The van der Waals surface area contributed by atoms with Gasteiger partial charge in [0.2, 0.25) is 5.91 Å². The Morgan fingerprint density at radius 3 is 2.67 bits per heavy atom. The van der Waals surface area contributed by atoms with Crippen molar-refractivity contribution < 1.29 is 9.59 Å². The summed E-state index contributed by atoms with van der Waals surface area (Å²) in [7, 11) is 0. The lowest BCUT2D eigenvalue weighted by Crippen LogP contribution is -2.46. The van der Waals surface area contributed by atoms with E-state index in [1.165, 1.54) is 0 Å². The molecule has 0 aromatic heterocycles. The molecule has 0 saturated carbocycles. The Morgan fingerprint density at radius 1 is 1.33 bits per heavy atom. The van der Waals surface area contributed by atoms with E-state index in [0.717, 1.165) is 25.9 Å². The molecule has 1 amide bonds. The fourth-order valence-electron chi connectivity index (χ4n) is 2.30. The van der Waals surface area contributed by atoms with Gasteiger partial charge in [-0.3, -0.25) is 9.59 Å². The second-order valence-corrected chi connectivity index (χ2v) is 4.41. The summed E-state index contributed by atoms with van der Waals surface area (Å²) in [6.45, 7) is 3.11. The molecule has 0 aromatic rings. The number of nitrogens with zero attached hydrogens (tertiary/aromatic N) is 1. The second-order valence-electron chi connectivity index (χ2n) is 4.41. The number of nitrogens with one attached hydrogen (secondary N) is 1.